The second kappa shape index (κ2) is 7.55. The number of nitrogens with zero attached hydrogens (tertiary/aromatic N) is 1. The summed E-state index contributed by atoms with van der Waals surface area (Å²) in [5.74, 6) is 1.11. The molecule has 130 valence electrons. The van der Waals surface area contributed by atoms with E-state index in [0.29, 0.717) is 38.0 Å². The highest BCUT2D eigenvalue weighted by atomic mass is 16.2. The van der Waals surface area contributed by atoms with Gasteiger partial charge in [-0.1, -0.05) is 30.3 Å². The number of carbonyl (C=O) groups excluding carboxylic acids is 2. The third kappa shape index (κ3) is 4.19. The van der Waals surface area contributed by atoms with Crippen molar-refractivity contribution in [2.24, 2.45) is 5.92 Å². The predicted molar refractivity (Wildman–Crippen MR) is 92.9 cm³/mol. The van der Waals surface area contributed by atoms with Gasteiger partial charge in [0.15, 0.2) is 0 Å². The zero-order chi connectivity index (χ0) is 16.9. The predicted octanol–water partition coefficient (Wildman–Crippen LogP) is 1.89. The summed E-state index contributed by atoms with van der Waals surface area (Å²) in [5, 5.41) is 8.73. The van der Waals surface area contributed by atoms with Gasteiger partial charge in [-0.3, -0.25) is 0 Å². The van der Waals surface area contributed by atoms with Crippen LogP contribution in [0.25, 0.3) is 0 Å². The standard InChI is InChI=1S/C18H26N4O2/c1-2-19-18(24)22-9-8-15(12-22)21-17(23)20-11-14-10-16(14)13-6-4-3-5-7-13/h3-7,14-16H,2,8-12H2,1H3,(H,19,24)(H2,20,21,23)/t14-,15+,16-/m1/s1. The Morgan fingerprint density at radius 1 is 1.21 bits per heavy atom. The van der Waals surface area contributed by atoms with Gasteiger partial charge in [-0.25, -0.2) is 9.59 Å². The number of amides is 4. The molecule has 0 unspecified atom stereocenters. The van der Waals surface area contributed by atoms with Crippen LogP contribution in [0.4, 0.5) is 9.59 Å². The van der Waals surface area contributed by atoms with Crippen molar-refractivity contribution in [1.82, 2.24) is 20.9 Å². The minimum atomic E-state index is -0.128. The van der Waals surface area contributed by atoms with Crippen molar-refractivity contribution in [2.75, 3.05) is 26.2 Å². The first-order chi connectivity index (χ1) is 11.7. The second-order valence-electron chi connectivity index (χ2n) is 6.63. The summed E-state index contributed by atoms with van der Waals surface area (Å²) in [6, 6.07) is 10.3. The number of rotatable bonds is 5. The van der Waals surface area contributed by atoms with Crippen LogP contribution in [-0.4, -0.2) is 49.2 Å². The number of benzene rings is 1. The fourth-order valence-electron chi connectivity index (χ4n) is 3.37. The SMILES string of the molecule is CCNC(=O)N1CC[C@H](NC(=O)NC[C@H]2C[C@@H]2c2ccccc2)C1. The van der Waals surface area contributed by atoms with Crippen LogP contribution in [0.5, 0.6) is 0 Å². The molecular weight excluding hydrogens is 304 g/mol. The van der Waals surface area contributed by atoms with Gasteiger partial charge in [0.2, 0.25) is 0 Å². The molecule has 4 amide bonds. The Kier molecular flexibility index (Phi) is 5.23. The van der Waals surface area contributed by atoms with Crippen LogP contribution in [0.2, 0.25) is 0 Å². The molecule has 0 spiro atoms. The molecule has 1 heterocycles. The Bertz CT molecular complexity index is 578. The molecular formula is C18H26N4O2. The van der Waals surface area contributed by atoms with E-state index in [0.717, 1.165) is 12.8 Å². The number of hydrogen-bond acceptors (Lipinski definition) is 2. The number of carbonyl (C=O) groups is 2. The Balaban J connectivity index is 1.35. The van der Waals surface area contributed by atoms with Crippen LogP contribution in [0, 0.1) is 5.92 Å². The zero-order valence-electron chi connectivity index (χ0n) is 14.1. The molecule has 1 aromatic rings. The van der Waals surface area contributed by atoms with Crippen LogP contribution in [-0.2, 0) is 0 Å². The maximum Gasteiger partial charge on any atom is 0.317 e. The van der Waals surface area contributed by atoms with Gasteiger partial charge in [0.25, 0.3) is 0 Å². The Hall–Kier alpha value is -2.24. The molecule has 3 rings (SSSR count). The summed E-state index contributed by atoms with van der Waals surface area (Å²) in [6.07, 6.45) is 1.94. The highest BCUT2D eigenvalue weighted by molar-refractivity contribution is 5.76. The summed E-state index contributed by atoms with van der Waals surface area (Å²) >= 11 is 0. The first kappa shape index (κ1) is 16.6. The third-order valence-corrected chi connectivity index (χ3v) is 4.81. The van der Waals surface area contributed by atoms with Gasteiger partial charge >= 0.3 is 12.1 Å². The van der Waals surface area contributed by atoms with Crippen LogP contribution in [0.1, 0.15) is 31.2 Å². The van der Waals surface area contributed by atoms with Crippen LogP contribution < -0.4 is 16.0 Å². The molecule has 0 radical (unpaired) electrons. The molecule has 0 bridgehead atoms. The van der Waals surface area contributed by atoms with E-state index >= 15 is 0 Å². The van der Waals surface area contributed by atoms with Gasteiger partial charge in [0.05, 0.1) is 0 Å². The first-order valence-electron chi connectivity index (χ1n) is 8.79. The van der Waals surface area contributed by atoms with E-state index in [-0.39, 0.29) is 18.1 Å². The lowest BCUT2D eigenvalue weighted by Crippen LogP contribution is -2.45. The molecule has 6 nitrogen and oxygen atoms in total. The maximum absolute atomic E-state index is 12.0. The average Bonchev–Trinajstić information content (AvgIpc) is 3.23. The monoisotopic (exact) mass is 330 g/mol. The summed E-state index contributed by atoms with van der Waals surface area (Å²) in [5.41, 5.74) is 1.36. The summed E-state index contributed by atoms with van der Waals surface area (Å²) in [6.45, 7) is 4.50. The van der Waals surface area contributed by atoms with E-state index in [4.69, 9.17) is 0 Å². The van der Waals surface area contributed by atoms with E-state index in [9.17, 15) is 9.59 Å². The Labute approximate surface area is 143 Å². The van der Waals surface area contributed by atoms with Crippen LogP contribution in [0.15, 0.2) is 30.3 Å². The Morgan fingerprint density at radius 3 is 2.75 bits per heavy atom. The molecule has 1 saturated heterocycles. The molecule has 2 fully saturated rings. The highest BCUT2D eigenvalue weighted by Crippen LogP contribution is 2.46. The largest absolute Gasteiger partial charge is 0.338 e. The van der Waals surface area contributed by atoms with Crippen molar-refractivity contribution >= 4 is 12.1 Å². The molecule has 1 aromatic carbocycles. The minimum absolute atomic E-state index is 0.0386. The van der Waals surface area contributed by atoms with E-state index < -0.39 is 0 Å². The fourth-order valence-corrected chi connectivity index (χ4v) is 3.37. The summed E-state index contributed by atoms with van der Waals surface area (Å²) < 4.78 is 0. The fraction of sp³-hybridized carbons (Fsp3) is 0.556. The molecule has 24 heavy (non-hydrogen) atoms. The number of hydrogen-bond donors (Lipinski definition) is 3. The number of nitrogens with one attached hydrogen (secondary N) is 3. The summed E-state index contributed by atoms with van der Waals surface area (Å²) in [7, 11) is 0. The van der Waals surface area contributed by atoms with Crippen molar-refractivity contribution in [3.05, 3.63) is 35.9 Å². The molecule has 2 aliphatic rings. The van der Waals surface area contributed by atoms with E-state index in [2.05, 4.69) is 40.2 Å². The topological polar surface area (TPSA) is 73.5 Å². The van der Waals surface area contributed by atoms with Gasteiger partial charge < -0.3 is 20.9 Å². The molecule has 3 atom stereocenters. The lowest BCUT2D eigenvalue weighted by Gasteiger charge is -2.17. The van der Waals surface area contributed by atoms with Gasteiger partial charge in [-0.15, -0.1) is 0 Å². The Morgan fingerprint density at radius 2 is 2.00 bits per heavy atom. The van der Waals surface area contributed by atoms with Crippen molar-refractivity contribution in [1.29, 1.82) is 0 Å². The third-order valence-electron chi connectivity index (χ3n) is 4.81. The average molecular weight is 330 g/mol. The molecule has 6 heteroatoms. The van der Waals surface area contributed by atoms with Crippen molar-refractivity contribution in [3.63, 3.8) is 0 Å². The maximum atomic E-state index is 12.0. The summed E-state index contributed by atoms with van der Waals surface area (Å²) in [4.78, 5) is 25.5. The molecule has 1 aliphatic carbocycles. The normalized spacial score (nSPS) is 25.2. The smallest absolute Gasteiger partial charge is 0.317 e. The minimum Gasteiger partial charge on any atom is -0.338 e. The highest BCUT2D eigenvalue weighted by Gasteiger charge is 2.38. The lowest BCUT2D eigenvalue weighted by atomic mass is 10.1. The van der Waals surface area contributed by atoms with E-state index in [1.807, 2.05) is 13.0 Å². The van der Waals surface area contributed by atoms with Crippen molar-refractivity contribution < 1.29 is 9.59 Å². The molecule has 0 aromatic heterocycles. The van der Waals surface area contributed by atoms with Crippen LogP contribution in [0.3, 0.4) is 0 Å². The second-order valence-corrected chi connectivity index (χ2v) is 6.63. The quantitative estimate of drug-likeness (QED) is 0.771. The molecule has 3 N–H and O–H groups in total. The van der Waals surface area contributed by atoms with E-state index in [1.165, 1.54) is 5.56 Å². The lowest BCUT2D eigenvalue weighted by molar-refractivity contribution is 0.207. The van der Waals surface area contributed by atoms with Gasteiger partial charge in [-0.05, 0) is 37.2 Å². The van der Waals surface area contributed by atoms with E-state index in [1.54, 1.807) is 4.90 Å². The number of likely N-dealkylation sites (tertiary alicyclic amines) is 1. The molecule has 1 aliphatic heterocycles. The number of urea groups is 2. The van der Waals surface area contributed by atoms with Crippen LogP contribution >= 0.6 is 0 Å². The van der Waals surface area contributed by atoms with Gasteiger partial charge in [0, 0.05) is 32.2 Å². The first-order valence-corrected chi connectivity index (χ1v) is 8.79. The van der Waals surface area contributed by atoms with Gasteiger partial charge in [-0.2, -0.15) is 0 Å². The van der Waals surface area contributed by atoms with Crippen molar-refractivity contribution in [2.45, 2.75) is 31.7 Å². The van der Waals surface area contributed by atoms with Gasteiger partial charge in [0.1, 0.15) is 0 Å². The van der Waals surface area contributed by atoms with Crippen molar-refractivity contribution in [3.8, 4) is 0 Å². The molecule has 1 saturated carbocycles. The zero-order valence-corrected chi connectivity index (χ0v) is 14.1.